The van der Waals surface area contributed by atoms with Crippen molar-refractivity contribution in [1.29, 1.82) is 0 Å². The zero-order chi connectivity index (χ0) is 33.6. The number of aryl methyl sites for hydroxylation is 6. The number of pyridine rings is 2. The summed E-state index contributed by atoms with van der Waals surface area (Å²) in [6.45, 7) is 16.6. The molecule has 0 amide bonds. The van der Waals surface area contributed by atoms with Crippen LogP contribution >= 0.6 is 9.64 Å². The van der Waals surface area contributed by atoms with Gasteiger partial charge in [-0.15, -0.1) is 0 Å². The van der Waals surface area contributed by atoms with Gasteiger partial charge in [-0.25, -0.2) is 29.3 Å². The first-order chi connectivity index (χ1) is 22.1. The van der Waals surface area contributed by atoms with Crippen molar-refractivity contribution in [3.05, 3.63) is 120 Å². The molecule has 0 N–H and O–H groups in total. The van der Waals surface area contributed by atoms with E-state index in [-0.39, 0.29) is 0 Å². The molecule has 46 heavy (non-hydrogen) atoms. The van der Waals surface area contributed by atoms with Crippen LogP contribution in [0.3, 0.4) is 0 Å². The van der Waals surface area contributed by atoms with Gasteiger partial charge in [-0.2, -0.15) is 10.2 Å². The van der Waals surface area contributed by atoms with Crippen molar-refractivity contribution in [1.82, 2.24) is 48.6 Å². The number of imidazole rings is 2. The zero-order valence-electron chi connectivity index (χ0n) is 27.9. The van der Waals surface area contributed by atoms with E-state index in [1.165, 1.54) is 39.9 Å². The molecule has 0 saturated carbocycles. The van der Waals surface area contributed by atoms with Gasteiger partial charge in [0.25, 0.3) is 0 Å². The van der Waals surface area contributed by atoms with Crippen molar-refractivity contribution < 1.29 is 17.6 Å². The number of aromatic nitrogens is 10. The van der Waals surface area contributed by atoms with Gasteiger partial charge in [-0.3, -0.25) is 0 Å². The Morgan fingerprint density at radius 1 is 0.696 bits per heavy atom. The number of halogens is 1. The summed E-state index contributed by atoms with van der Waals surface area (Å²) in [4.78, 5) is 16.7. The van der Waals surface area contributed by atoms with E-state index in [1.807, 2.05) is 111 Å². The van der Waals surface area contributed by atoms with E-state index in [0.717, 1.165) is 35.9 Å². The van der Waals surface area contributed by atoms with Gasteiger partial charge < -0.3 is 9.13 Å². The molecule has 0 bridgehead atoms. The van der Waals surface area contributed by atoms with E-state index in [4.69, 9.17) is 0 Å². The van der Waals surface area contributed by atoms with E-state index in [1.54, 1.807) is 12.4 Å². The summed E-state index contributed by atoms with van der Waals surface area (Å²) >= 11 is 1.33. The van der Waals surface area contributed by atoms with Crippen LogP contribution in [0.25, 0.3) is 11.6 Å². The molecule has 0 aliphatic carbocycles. The molecule has 6 rings (SSSR count). The molecule has 0 aliphatic rings. The Morgan fingerprint density at radius 2 is 1.15 bits per heavy atom. The van der Waals surface area contributed by atoms with Gasteiger partial charge in [0, 0.05) is 61.7 Å². The first-order valence-electron chi connectivity index (χ1n) is 15.1. The van der Waals surface area contributed by atoms with E-state index in [9.17, 15) is 0 Å². The fraction of sp³-hybridized carbons (Fsp3) is 0.353. The molecule has 0 aromatic carbocycles. The fourth-order valence-electron chi connectivity index (χ4n) is 4.65. The Balaban J connectivity index is 0.000000183. The molecule has 6 aromatic rings. The van der Waals surface area contributed by atoms with Crippen LogP contribution in [-0.2, 0) is 17.6 Å². The Hall–Kier alpha value is -3.93. The number of hydrogen-bond acceptors (Lipinski definition) is 6. The monoisotopic (exact) mass is 819 g/mol. The van der Waals surface area contributed by atoms with Crippen molar-refractivity contribution in [2.45, 2.75) is 80.3 Å². The maximum absolute atomic E-state index is 4.67. The van der Waals surface area contributed by atoms with Gasteiger partial charge in [-0.05, 0) is 108 Å². The Bertz CT molecular complexity index is 1600. The normalized spacial score (nSPS) is 11.7. The van der Waals surface area contributed by atoms with Crippen LogP contribution in [0.4, 0.5) is 0 Å². The molecule has 6 heterocycles. The van der Waals surface area contributed by atoms with Crippen molar-refractivity contribution >= 4 is 9.64 Å². The van der Waals surface area contributed by atoms with Crippen LogP contribution in [-0.4, -0.2) is 48.6 Å². The third-order valence-electron chi connectivity index (χ3n) is 7.62. The summed E-state index contributed by atoms with van der Waals surface area (Å²) in [6, 6.07) is 8.98. The predicted octanol–water partition coefficient (Wildman–Crippen LogP) is 7.75. The summed E-state index contributed by atoms with van der Waals surface area (Å²) in [5.74, 6) is 1.75. The van der Waals surface area contributed by atoms with Crippen molar-refractivity contribution in [2.75, 3.05) is 0 Å². The van der Waals surface area contributed by atoms with Crippen LogP contribution in [0.15, 0.2) is 86.5 Å². The first kappa shape index (κ1) is 36.5. The second-order valence-corrected chi connectivity index (χ2v) is 11.2. The quantitative estimate of drug-likeness (QED) is 0.164. The van der Waals surface area contributed by atoms with E-state index >= 15 is 0 Å². The first-order valence-corrected chi connectivity index (χ1v) is 18.3. The molecule has 0 saturated heterocycles. The number of nitrogens with zero attached hydrogens (tertiary/aromatic N) is 10. The van der Waals surface area contributed by atoms with Gasteiger partial charge in [0.2, 0.25) is 0 Å². The minimum absolute atomic E-state index is 0.467. The van der Waals surface area contributed by atoms with Crippen LogP contribution in [0.2, 0.25) is 0 Å². The summed E-state index contributed by atoms with van der Waals surface area (Å²) in [5.41, 5.74) is 6.87. The molecule has 0 spiro atoms. The van der Waals surface area contributed by atoms with Gasteiger partial charge in [0.1, 0.15) is 0 Å². The second kappa shape index (κ2) is 18.3. The summed E-state index contributed by atoms with van der Waals surface area (Å²) < 4.78 is 7.97. The SMILES string of the molecule is CCC(CC(C)n1ccnc1)n1ccnc1.Cc1ccnc(-n2cc(C)c(C)n2)c1.Cc1ccnc(-n2cc(C)c(C)n2)c1.[Cl][Os]. The molecule has 0 fully saturated rings. The molecule has 2 atom stereocenters. The molecule has 12 heteroatoms. The number of hydrogen-bond donors (Lipinski definition) is 0. The average Bonchev–Trinajstić information content (AvgIpc) is 3.88. The van der Waals surface area contributed by atoms with Gasteiger partial charge >= 0.3 is 27.2 Å². The van der Waals surface area contributed by atoms with Gasteiger partial charge in [-0.1, -0.05) is 6.92 Å². The Labute approximate surface area is 286 Å². The summed E-state index contributed by atoms with van der Waals surface area (Å²) in [7, 11) is 4.67. The van der Waals surface area contributed by atoms with Crippen LogP contribution in [0.5, 0.6) is 0 Å². The standard InChI is InChI=1S/C12H18N4.2C11H13N3.ClH.Os/c1-3-12(16-7-5-14-10-16)8-11(2)15-6-4-13-9-15;2*1-8-4-5-12-11(6-8)14-7-9(2)10(3)13-14;;/h4-7,9-12H,3,8H2,1-2H3;2*4-7H,1-3H3;1H;/q;;;;+1/p-1. The molecule has 10 nitrogen and oxygen atoms in total. The topological polar surface area (TPSA) is 97.1 Å². The third kappa shape index (κ3) is 10.6. The number of rotatable bonds is 7. The second-order valence-electron chi connectivity index (χ2n) is 11.2. The molecule has 2 unspecified atom stereocenters. The summed E-state index contributed by atoms with van der Waals surface area (Å²) in [6.07, 6.45) is 21.3. The molecular formula is C34H44ClN10Os. The maximum atomic E-state index is 4.67. The van der Waals surface area contributed by atoms with Crippen LogP contribution in [0, 0.1) is 41.5 Å². The molecule has 0 aliphatic heterocycles. The zero-order valence-corrected chi connectivity index (χ0v) is 31.2. The third-order valence-corrected chi connectivity index (χ3v) is 7.62. The Kier molecular flexibility index (Phi) is 14.5. The van der Waals surface area contributed by atoms with Crippen molar-refractivity contribution in [3.8, 4) is 11.6 Å². The average molecular weight is 818 g/mol. The molecule has 0 radical (unpaired) electrons. The molecular weight excluding hydrogens is 774 g/mol. The molecule has 6 aromatic heterocycles. The van der Waals surface area contributed by atoms with Gasteiger partial charge in [0.15, 0.2) is 11.6 Å². The van der Waals surface area contributed by atoms with E-state index < -0.39 is 0 Å². The molecule has 245 valence electrons. The van der Waals surface area contributed by atoms with E-state index in [2.05, 4.69) is 76.6 Å². The minimum atomic E-state index is 0.467. The Morgan fingerprint density at radius 3 is 1.50 bits per heavy atom. The van der Waals surface area contributed by atoms with Crippen molar-refractivity contribution in [3.63, 3.8) is 0 Å². The van der Waals surface area contributed by atoms with Gasteiger partial charge in [0.05, 0.1) is 24.0 Å². The van der Waals surface area contributed by atoms with Crippen LogP contribution in [0.1, 0.15) is 72.4 Å². The van der Waals surface area contributed by atoms with E-state index in [0.29, 0.717) is 12.1 Å². The summed E-state index contributed by atoms with van der Waals surface area (Å²) in [5, 5.41) is 8.75. The predicted molar refractivity (Wildman–Crippen MR) is 180 cm³/mol. The van der Waals surface area contributed by atoms with Crippen molar-refractivity contribution in [2.24, 2.45) is 0 Å². The fourth-order valence-corrected chi connectivity index (χ4v) is 4.65. The van der Waals surface area contributed by atoms with Crippen LogP contribution < -0.4 is 0 Å².